The number of alkyl halides is 3. The molecule has 6 heteroatoms. The Kier molecular flexibility index (Phi) is 5.28. The number of furan rings is 1. The summed E-state index contributed by atoms with van der Waals surface area (Å²) in [7, 11) is 2.00. The van der Waals surface area contributed by atoms with Crippen molar-refractivity contribution in [1.82, 2.24) is 9.88 Å². The van der Waals surface area contributed by atoms with Crippen molar-refractivity contribution in [3.63, 3.8) is 0 Å². The molecule has 182 valence electrons. The molecule has 1 aliphatic heterocycles. The first-order valence-corrected chi connectivity index (χ1v) is 11.8. The zero-order valence-electron chi connectivity index (χ0n) is 20.9. The number of pyridine rings is 1. The molecule has 1 aromatic carbocycles. The summed E-state index contributed by atoms with van der Waals surface area (Å²) >= 11 is 0. The standard InChI is InChI=1S/C29H29F3N2O/c1-16-13-23-22-9-7-17(2)33-27(22)35-26(23)24(18(16)3)25-21-10-8-19(14-20(21)11-12-34(25)6)15-28(4,5)29(30,31)32/h7-9,11-14H,10,15H2,1-6H3. The normalized spacial score (nSPS) is 16.8. The molecule has 3 heterocycles. The van der Waals surface area contributed by atoms with Crippen molar-refractivity contribution in [3.05, 3.63) is 81.7 Å². The summed E-state index contributed by atoms with van der Waals surface area (Å²) in [6.45, 7) is 8.65. The van der Waals surface area contributed by atoms with E-state index >= 15 is 0 Å². The molecule has 0 saturated carbocycles. The minimum absolute atomic E-state index is 0.0470. The molecule has 0 atom stereocenters. The first kappa shape index (κ1) is 23.5. The van der Waals surface area contributed by atoms with Gasteiger partial charge in [-0.2, -0.15) is 13.2 Å². The lowest BCUT2D eigenvalue weighted by atomic mass is 9.80. The van der Waals surface area contributed by atoms with Crippen LogP contribution in [0.4, 0.5) is 13.2 Å². The second-order valence-electron chi connectivity index (χ2n) is 10.4. The zero-order valence-corrected chi connectivity index (χ0v) is 20.9. The minimum Gasteiger partial charge on any atom is -0.437 e. The largest absolute Gasteiger partial charge is 0.437 e. The van der Waals surface area contributed by atoms with Crippen molar-refractivity contribution in [2.24, 2.45) is 5.41 Å². The molecule has 0 unspecified atom stereocenters. The third kappa shape index (κ3) is 3.79. The lowest BCUT2D eigenvalue weighted by Crippen LogP contribution is -2.32. The fraction of sp³-hybridized carbons (Fsp3) is 0.345. The maximum atomic E-state index is 13.5. The van der Waals surface area contributed by atoms with Crippen LogP contribution in [0, 0.1) is 26.2 Å². The SMILES string of the molecule is Cc1ccc2c(n1)oc1c(C3=C4CC=C(CC(C)(C)C(F)(F)F)C=C4C=CN3C)c(C)c(C)cc12. The summed E-state index contributed by atoms with van der Waals surface area (Å²) in [6, 6.07) is 6.18. The number of fused-ring (bicyclic) bond motifs is 4. The molecule has 0 amide bonds. The van der Waals surface area contributed by atoms with Crippen molar-refractivity contribution >= 4 is 27.8 Å². The maximum Gasteiger partial charge on any atom is 0.394 e. The van der Waals surface area contributed by atoms with Gasteiger partial charge < -0.3 is 9.32 Å². The average molecular weight is 479 g/mol. The summed E-state index contributed by atoms with van der Waals surface area (Å²) in [6.07, 6.45) is 4.06. The van der Waals surface area contributed by atoms with Gasteiger partial charge in [0.15, 0.2) is 0 Å². The molecule has 0 N–H and O–H groups in total. The molecule has 2 aliphatic rings. The molecule has 0 bridgehead atoms. The van der Waals surface area contributed by atoms with Crippen LogP contribution in [0.25, 0.3) is 27.8 Å². The Balaban J connectivity index is 1.68. The number of aromatic nitrogens is 1. The Morgan fingerprint density at radius 3 is 2.54 bits per heavy atom. The van der Waals surface area contributed by atoms with Crippen LogP contribution in [0.2, 0.25) is 0 Å². The molecule has 0 fully saturated rings. The van der Waals surface area contributed by atoms with Crippen LogP contribution < -0.4 is 0 Å². The van der Waals surface area contributed by atoms with E-state index < -0.39 is 11.6 Å². The molecule has 3 nitrogen and oxygen atoms in total. The van der Waals surface area contributed by atoms with E-state index in [9.17, 15) is 13.2 Å². The highest BCUT2D eigenvalue weighted by Gasteiger charge is 2.47. The van der Waals surface area contributed by atoms with Crippen molar-refractivity contribution in [2.75, 3.05) is 7.05 Å². The number of hydrogen-bond acceptors (Lipinski definition) is 3. The third-order valence-electron chi connectivity index (χ3n) is 7.31. The van der Waals surface area contributed by atoms with Gasteiger partial charge in [0.05, 0.1) is 11.1 Å². The molecule has 1 aliphatic carbocycles. The Morgan fingerprint density at radius 1 is 1.09 bits per heavy atom. The quantitative estimate of drug-likeness (QED) is 0.379. The summed E-state index contributed by atoms with van der Waals surface area (Å²) in [4.78, 5) is 6.68. The van der Waals surface area contributed by atoms with Gasteiger partial charge in [0.2, 0.25) is 5.71 Å². The van der Waals surface area contributed by atoms with E-state index in [1.807, 2.05) is 50.5 Å². The fourth-order valence-corrected chi connectivity index (χ4v) is 5.02. The Labute approximate surface area is 203 Å². The third-order valence-corrected chi connectivity index (χ3v) is 7.31. The molecule has 0 saturated heterocycles. The van der Waals surface area contributed by atoms with E-state index in [2.05, 4.69) is 29.8 Å². The highest BCUT2D eigenvalue weighted by molar-refractivity contribution is 6.08. The van der Waals surface area contributed by atoms with Crippen molar-refractivity contribution in [3.8, 4) is 0 Å². The van der Waals surface area contributed by atoms with Gasteiger partial charge in [-0.25, -0.2) is 4.98 Å². The van der Waals surface area contributed by atoms with Crippen LogP contribution >= 0.6 is 0 Å². The van der Waals surface area contributed by atoms with Gasteiger partial charge in [-0.05, 0) is 80.2 Å². The van der Waals surface area contributed by atoms with Crippen LogP contribution in [0.15, 0.2) is 63.8 Å². The number of nitrogens with zero attached hydrogens (tertiary/aromatic N) is 2. The van der Waals surface area contributed by atoms with Crippen molar-refractivity contribution < 1.29 is 17.6 Å². The molecule has 35 heavy (non-hydrogen) atoms. The van der Waals surface area contributed by atoms with Gasteiger partial charge in [-0.3, -0.25) is 0 Å². The van der Waals surface area contributed by atoms with E-state index in [0.717, 1.165) is 55.6 Å². The molecule has 0 spiro atoms. The van der Waals surface area contributed by atoms with E-state index in [1.165, 1.54) is 13.8 Å². The molecule has 2 aromatic heterocycles. The predicted octanol–water partition coefficient (Wildman–Crippen LogP) is 8.31. The number of halogens is 3. The number of hydrogen-bond donors (Lipinski definition) is 0. The van der Waals surface area contributed by atoms with Crippen LogP contribution in [0.3, 0.4) is 0 Å². The molecular weight excluding hydrogens is 449 g/mol. The average Bonchev–Trinajstić information content (AvgIpc) is 3.11. The number of aryl methyl sites for hydroxylation is 2. The lowest BCUT2D eigenvalue weighted by molar-refractivity contribution is -0.210. The maximum absolute atomic E-state index is 13.5. The Morgan fingerprint density at radius 2 is 1.83 bits per heavy atom. The molecule has 3 aromatic rings. The molecule has 0 radical (unpaired) electrons. The number of benzene rings is 1. The van der Waals surface area contributed by atoms with Gasteiger partial charge in [0, 0.05) is 35.3 Å². The second-order valence-corrected chi connectivity index (χ2v) is 10.4. The predicted molar refractivity (Wildman–Crippen MR) is 135 cm³/mol. The zero-order chi connectivity index (χ0) is 25.3. The monoisotopic (exact) mass is 478 g/mol. The van der Waals surface area contributed by atoms with Crippen molar-refractivity contribution in [1.29, 1.82) is 0 Å². The van der Waals surface area contributed by atoms with Gasteiger partial charge in [-0.15, -0.1) is 0 Å². The van der Waals surface area contributed by atoms with Gasteiger partial charge in [0.1, 0.15) is 5.58 Å². The van der Waals surface area contributed by atoms with Crippen LogP contribution in [-0.4, -0.2) is 23.1 Å². The van der Waals surface area contributed by atoms with Crippen LogP contribution in [0.5, 0.6) is 0 Å². The second kappa shape index (κ2) is 7.87. The lowest BCUT2D eigenvalue weighted by Gasteiger charge is -2.32. The van der Waals surface area contributed by atoms with Gasteiger partial charge in [-0.1, -0.05) is 31.6 Å². The summed E-state index contributed by atoms with van der Waals surface area (Å²) < 4.78 is 46.9. The summed E-state index contributed by atoms with van der Waals surface area (Å²) in [5.74, 6) is 0. The fourth-order valence-electron chi connectivity index (χ4n) is 5.02. The minimum atomic E-state index is -4.26. The van der Waals surface area contributed by atoms with E-state index in [-0.39, 0.29) is 6.42 Å². The smallest absolute Gasteiger partial charge is 0.394 e. The number of rotatable bonds is 3. The van der Waals surface area contributed by atoms with Crippen molar-refractivity contribution in [2.45, 2.75) is 53.6 Å². The van der Waals surface area contributed by atoms with Crippen LogP contribution in [-0.2, 0) is 0 Å². The Hall–Kier alpha value is -3.28. The van der Waals surface area contributed by atoms with E-state index in [4.69, 9.17) is 4.42 Å². The first-order valence-electron chi connectivity index (χ1n) is 11.8. The molecular formula is C29H29F3N2O. The summed E-state index contributed by atoms with van der Waals surface area (Å²) in [5, 5.41) is 2.00. The van der Waals surface area contributed by atoms with Gasteiger partial charge >= 0.3 is 6.18 Å². The van der Waals surface area contributed by atoms with Gasteiger partial charge in [0.25, 0.3) is 0 Å². The van der Waals surface area contributed by atoms with E-state index in [1.54, 1.807) is 0 Å². The van der Waals surface area contributed by atoms with Crippen LogP contribution in [0.1, 0.15) is 49.1 Å². The summed E-state index contributed by atoms with van der Waals surface area (Å²) in [5.41, 5.74) is 7.56. The molecule has 5 rings (SSSR count). The first-order chi connectivity index (χ1) is 16.4. The highest BCUT2D eigenvalue weighted by Crippen LogP contribution is 2.46. The van der Waals surface area contributed by atoms with E-state index in [0.29, 0.717) is 17.7 Å². The topological polar surface area (TPSA) is 29.3 Å². The number of allylic oxidation sites excluding steroid dienone is 6. The Bertz CT molecular complexity index is 1500. The highest BCUT2D eigenvalue weighted by atomic mass is 19.4.